The number of benzene rings is 2. The first-order chi connectivity index (χ1) is 12.2. The summed E-state index contributed by atoms with van der Waals surface area (Å²) >= 11 is 0. The number of aryl methyl sites for hydroxylation is 1. The van der Waals surface area contributed by atoms with Gasteiger partial charge in [-0.15, -0.1) is 24.8 Å². The summed E-state index contributed by atoms with van der Waals surface area (Å²) in [4.78, 5) is 7.20. The molecule has 146 valence electrons. The summed E-state index contributed by atoms with van der Waals surface area (Å²) in [5, 5.41) is 3.43. The molecule has 1 unspecified atom stereocenters. The van der Waals surface area contributed by atoms with E-state index < -0.39 is 0 Å². The maximum absolute atomic E-state index is 13.6. The lowest BCUT2D eigenvalue weighted by Crippen LogP contribution is -2.46. The molecule has 1 N–H and O–H groups in total. The standard InChI is InChI=1S/C20H23FN4.2ClH/c1-24-18-8-3-2-7-17(18)23-20(24)9-11-25-12-10-22-14-19(25)15-5-4-6-16(21)13-15;;/h2-8,13,19,22H,9-12,14H2,1H3;2*1H. The van der Waals surface area contributed by atoms with E-state index in [0.717, 1.165) is 49.5 Å². The SMILES string of the molecule is Cl.Cl.Cn1c(CCN2CCNCC2c2cccc(F)c2)nc2ccccc21. The third kappa shape index (κ3) is 4.61. The second-order valence-corrected chi connectivity index (χ2v) is 6.64. The summed E-state index contributed by atoms with van der Waals surface area (Å²) in [6.45, 7) is 3.70. The topological polar surface area (TPSA) is 33.1 Å². The predicted molar refractivity (Wildman–Crippen MR) is 112 cm³/mol. The number of hydrogen-bond acceptors (Lipinski definition) is 3. The first-order valence-corrected chi connectivity index (χ1v) is 8.83. The maximum atomic E-state index is 13.6. The van der Waals surface area contributed by atoms with Crippen LogP contribution in [0.25, 0.3) is 11.0 Å². The van der Waals surface area contributed by atoms with Crippen molar-refractivity contribution in [1.82, 2.24) is 19.8 Å². The highest BCUT2D eigenvalue weighted by Gasteiger charge is 2.24. The number of fused-ring (bicyclic) bond motifs is 1. The van der Waals surface area contributed by atoms with Gasteiger partial charge in [0.2, 0.25) is 0 Å². The number of nitrogens with one attached hydrogen (secondary N) is 1. The van der Waals surface area contributed by atoms with Crippen molar-refractivity contribution in [3.63, 3.8) is 0 Å². The Kier molecular flexibility index (Phi) is 7.62. The molecule has 4 nitrogen and oxygen atoms in total. The van der Waals surface area contributed by atoms with Crippen LogP contribution in [0.3, 0.4) is 0 Å². The highest BCUT2D eigenvalue weighted by atomic mass is 35.5. The van der Waals surface area contributed by atoms with Gasteiger partial charge in [-0.1, -0.05) is 24.3 Å². The third-order valence-corrected chi connectivity index (χ3v) is 5.09. The van der Waals surface area contributed by atoms with Crippen LogP contribution in [0.1, 0.15) is 17.4 Å². The van der Waals surface area contributed by atoms with Crippen LogP contribution in [0.2, 0.25) is 0 Å². The largest absolute Gasteiger partial charge is 0.331 e. The molecule has 0 radical (unpaired) electrons. The number of rotatable bonds is 4. The molecule has 7 heteroatoms. The Morgan fingerprint density at radius 1 is 1.15 bits per heavy atom. The van der Waals surface area contributed by atoms with Gasteiger partial charge in [0.15, 0.2) is 0 Å². The van der Waals surface area contributed by atoms with E-state index in [9.17, 15) is 4.39 Å². The third-order valence-electron chi connectivity index (χ3n) is 5.09. The van der Waals surface area contributed by atoms with Crippen molar-refractivity contribution in [2.75, 3.05) is 26.2 Å². The van der Waals surface area contributed by atoms with Gasteiger partial charge < -0.3 is 9.88 Å². The lowest BCUT2D eigenvalue weighted by molar-refractivity contribution is 0.162. The molecule has 0 bridgehead atoms. The Morgan fingerprint density at radius 3 is 2.74 bits per heavy atom. The van der Waals surface area contributed by atoms with E-state index in [1.807, 2.05) is 18.2 Å². The first-order valence-electron chi connectivity index (χ1n) is 8.83. The van der Waals surface area contributed by atoms with Gasteiger partial charge in [0, 0.05) is 45.7 Å². The lowest BCUT2D eigenvalue weighted by atomic mass is 10.0. The number of nitrogens with zero attached hydrogens (tertiary/aromatic N) is 3. The van der Waals surface area contributed by atoms with Gasteiger partial charge >= 0.3 is 0 Å². The first kappa shape index (κ1) is 21.6. The predicted octanol–water partition coefficient (Wildman–Crippen LogP) is 3.75. The fraction of sp³-hybridized carbons (Fsp3) is 0.350. The van der Waals surface area contributed by atoms with Crippen molar-refractivity contribution >= 4 is 35.8 Å². The van der Waals surface area contributed by atoms with Gasteiger partial charge in [-0.2, -0.15) is 0 Å². The van der Waals surface area contributed by atoms with Gasteiger partial charge in [-0.25, -0.2) is 9.37 Å². The number of piperazine rings is 1. The fourth-order valence-electron chi connectivity index (χ4n) is 3.72. The zero-order chi connectivity index (χ0) is 17.2. The Bertz CT molecular complexity index is 883. The van der Waals surface area contributed by atoms with Crippen LogP contribution >= 0.6 is 24.8 Å². The number of imidazole rings is 1. The molecular formula is C20H25Cl2FN4. The van der Waals surface area contributed by atoms with E-state index in [0.29, 0.717) is 0 Å². The number of halogens is 3. The lowest BCUT2D eigenvalue weighted by Gasteiger charge is -2.36. The maximum Gasteiger partial charge on any atom is 0.123 e. The zero-order valence-corrected chi connectivity index (χ0v) is 16.9. The van der Waals surface area contributed by atoms with Crippen molar-refractivity contribution in [3.05, 3.63) is 65.7 Å². The summed E-state index contributed by atoms with van der Waals surface area (Å²) in [5.41, 5.74) is 3.25. The molecular weight excluding hydrogens is 386 g/mol. The quantitative estimate of drug-likeness (QED) is 0.710. The van der Waals surface area contributed by atoms with Crippen LogP contribution < -0.4 is 5.32 Å². The Balaban J connectivity index is 0.00000131. The Morgan fingerprint density at radius 2 is 1.96 bits per heavy atom. The van der Waals surface area contributed by atoms with E-state index in [1.165, 1.54) is 11.6 Å². The van der Waals surface area contributed by atoms with E-state index in [1.54, 1.807) is 12.1 Å². The Hall–Kier alpha value is -1.66. The molecule has 4 rings (SSSR count). The van der Waals surface area contributed by atoms with Crippen molar-refractivity contribution in [2.45, 2.75) is 12.5 Å². The zero-order valence-electron chi connectivity index (χ0n) is 15.3. The average Bonchev–Trinajstić information content (AvgIpc) is 2.96. The molecule has 1 aliphatic heterocycles. The van der Waals surface area contributed by atoms with Crippen LogP contribution in [0, 0.1) is 5.82 Å². The average molecular weight is 411 g/mol. The summed E-state index contributed by atoms with van der Waals surface area (Å²) < 4.78 is 15.8. The van der Waals surface area contributed by atoms with Crippen LogP contribution in [0.15, 0.2) is 48.5 Å². The van der Waals surface area contributed by atoms with Gasteiger partial charge in [0.1, 0.15) is 11.6 Å². The highest BCUT2D eigenvalue weighted by molar-refractivity contribution is 5.85. The van der Waals surface area contributed by atoms with Gasteiger partial charge in [-0.05, 0) is 29.8 Å². The Labute approximate surface area is 171 Å². The minimum Gasteiger partial charge on any atom is -0.331 e. The molecule has 1 saturated heterocycles. The summed E-state index contributed by atoms with van der Waals surface area (Å²) in [6.07, 6.45) is 0.886. The molecule has 0 amide bonds. The molecule has 0 spiro atoms. The number of aromatic nitrogens is 2. The van der Waals surface area contributed by atoms with E-state index in [4.69, 9.17) is 4.98 Å². The van der Waals surface area contributed by atoms with E-state index in [2.05, 4.69) is 34.0 Å². The summed E-state index contributed by atoms with van der Waals surface area (Å²) in [6, 6.07) is 15.4. The molecule has 2 heterocycles. The van der Waals surface area contributed by atoms with Crippen molar-refractivity contribution in [2.24, 2.45) is 7.05 Å². The summed E-state index contributed by atoms with van der Waals surface area (Å²) in [5.74, 6) is 0.927. The van der Waals surface area contributed by atoms with Gasteiger partial charge in [0.25, 0.3) is 0 Å². The monoisotopic (exact) mass is 410 g/mol. The van der Waals surface area contributed by atoms with E-state index >= 15 is 0 Å². The van der Waals surface area contributed by atoms with E-state index in [-0.39, 0.29) is 36.7 Å². The molecule has 0 saturated carbocycles. The number of hydrogen-bond donors (Lipinski definition) is 1. The second-order valence-electron chi connectivity index (χ2n) is 6.64. The molecule has 2 aromatic carbocycles. The molecule has 1 aromatic heterocycles. The van der Waals surface area contributed by atoms with Gasteiger partial charge in [-0.3, -0.25) is 4.90 Å². The smallest absolute Gasteiger partial charge is 0.123 e. The second kappa shape index (κ2) is 9.51. The molecule has 1 atom stereocenters. The van der Waals surface area contributed by atoms with Crippen LogP contribution in [0.4, 0.5) is 4.39 Å². The minimum atomic E-state index is -0.168. The fourth-order valence-corrected chi connectivity index (χ4v) is 3.72. The van der Waals surface area contributed by atoms with Crippen molar-refractivity contribution in [1.29, 1.82) is 0 Å². The molecule has 1 aliphatic rings. The van der Waals surface area contributed by atoms with Crippen molar-refractivity contribution < 1.29 is 4.39 Å². The van der Waals surface area contributed by atoms with Crippen molar-refractivity contribution in [3.8, 4) is 0 Å². The molecule has 27 heavy (non-hydrogen) atoms. The summed E-state index contributed by atoms with van der Waals surface area (Å²) in [7, 11) is 2.08. The van der Waals surface area contributed by atoms with Gasteiger partial charge in [0.05, 0.1) is 11.0 Å². The minimum absolute atomic E-state index is 0. The van der Waals surface area contributed by atoms with Crippen LogP contribution in [0.5, 0.6) is 0 Å². The van der Waals surface area contributed by atoms with Crippen LogP contribution in [-0.4, -0.2) is 40.6 Å². The molecule has 1 fully saturated rings. The molecule has 0 aliphatic carbocycles. The highest BCUT2D eigenvalue weighted by Crippen LogP contribution is 2.23. The van der Waals surface area contributed by atoms with Crippen LogP contribution in [-0.2, 0) is 13.5 Å². The normalized spacial score (nSPS) is 17.3. The molecule has 3 aromatic rings. The number of para-hydroxylation sites is 2.